The molecule has 0 radical (unpaired) electrons. The van der Waals surface area contributed by atoms with Crippen LogP contribution in [0.15, 0.2) is 42.3 Å². The summed E-state index contributed by atoms with van der Waals surface area (Å²) >= 11 is 0. The van der Waals surface area contributed by atoms with E-state index in [9.17, 15) is 13.6 Å². The molecule has 24 heavy (non-hydrogen) atoms. The van der Waals surface area contributed by atoms with Gasteiger partial charge in [0.05, 0.1) is 24.3 Å². The molecule has 1 aromatic rings. The summed E-state index contributed by atoms with van der Waals surface area (Å²) < 4.78 is 37.5. The van der Waals surface area contributed by atoms with E-state index in [1.165, 1.54) is 13.0 Å². The van der Waals surface area contributed by atoms with Crippen LogP contribution in [0.5, 0.6) is 5.75 Å². The highest BCUT2D eigenvalue weighted by Crippen LogP contribution is 2.31. The Morgan fingerprint density at radius 2 is 2.25 bits per heavy atom. The van der Waals surface area contributed by atoms with Gasteiger partial charge in [-0.3, -0.25) is 4.98 Å². The normalized spacial score (nSPS) is 20.0. The van der Waals surface area contributed by atoms with Gasteiger partial charge in [0, 0.05) is 0 Å². The highest BCUT2D eigenvalue weighted by atomic mass is 19.3. The molecule has 0 amide bonds. The molecule has 0 N–H and O–H groups in total. The predicted octanol–water partition coefficient (Wildman–Crippen LogP) is 3.49. The first-order valence-corrected chi connectivity index (χ1v) is 7.31. The molecule has 0 aliphatic heterocycles. The molecule has 1 atom stereocenters. The van der Waals surface area contributed by atoms with E-state index in [4.69, 9.17) is 10.00 Å². The van der Waals surface area contributed by atoms with Crippen molar-refractivity contribution < 1.29 is 23.0 Å². The summed E-state index contributed by atoms with van der Waals surface area (Å²) in [6.07, 6.45) is 6.70. The molecular weight excluding hydrogens is 318 g/mol. The average Bonchev–Trinajstić information content (AvgIpc) is 2.58. The molecule has 1 aliphatic rings. The Morgan fingerprint density at radius 3 is 2.75 bits per heavy atom. The van der Waals surface area contributed by atoms with E-state index in [-0.39, 0.29) is 12.4 Å². The number of nitrogens with zero attached hydrogens (tertiary/aromatic N) is 2. The third-order valence-corrected chi connectivity index (χ3v) is 3.42. The summed E-state index contributed by atoms with van der Waals surface area (Å²) in [6, 6.07) is 4.49. The van der Waals surface area contributed by atoms with Crippen LogP contribution in [0.25, 0.3) is 0 Å². The third kappa shape index (κ3) is 3.77. The van der Waals surface area contributed by atoms with Crippen LogP contribution in [0.2, 0.25) is 0 Å². The number of allylic oxidation sites excluding steroid dienone is 3. The van der Waals surface area contributed by atoms with Crippen LogP contribution in [0.1, 0.15) is 26.0 Å². The molecule has 126 valence electrons. The maximum absolute atomic E-state index is 13.8. The Hall–Kier alpha value is -2.75. The summed E-state index contributed by atoms with van der Waals surface area (Å²) in [7, 11) is 0. The van der Waals surface area contributed by atoms with Crippen LogP contribution < -0.4 is 4.74 Å². The van der Waals surface area contributed by atoms with Crippen molar-refractivity contribution in [2.75, 3.05) is 6.61 Å². The maximum Gasteiger partial charge on any atom is 0.384 e. The van der Waals surface area contributed by atoms with E-state index >= 15 is 0 Å². The van der Waals surface area contributed by atoms with Crippen LogP contribution in [0.4, 0.5) is 8.78 Å². The van der Waals surface area contributed by atoms with Gasteiger partial charge in [0.2, 0.25) is 0 Å². The van der Waals surface area contributed by atoms with Crippen molar-refractivity contribution in [1.29, 1.82) is 5.26 Å². The minimum atomic E-state index is -3.81. The smallest absolute Gasteiger partial charge is 0.384 e. The van der Waals surface area contributed by atoms with Crippen LogP contribution in [0.3, 0.4) is 0 Å². The largest absolute Gasteiger partial charge is 0.461 e. The van der Waals surface area contributed by atoms with Crippen LogP contribution >= 0.6 is 0 Å². The van der Waals surface area contributed by atoms with Gasteiger partial charge in [0.15, 0.2) is 0 Å². The Balaban J connectivity index is 2.07. The quantitative estimate of drug-likeness (QED) is 0.771. The predicted molar refractivity (Wildman–Crippen MR) is 81.0 cm³/mol. The summed E-state index contributed by atoms with van der Waals surface area (Å²) in [5, 5.41) is 9.03. The fraction of sp³-hybridized carbons (Fsp3) is 0.353. The van der Waals surface area contributed by atoms with E-state index in [1.54, 1.807) is 25.2 Å². The molecule has 1 heterocycles. The van der Waals surface area contributed by atoms with Gasteiger partial charge in [-0.15, -0.1) is 0 Å². The van der Waals surface area contributed by atoms with Gasteiger partial charge in [-0.05, 0) is 44.6 Å². The van der Waals surface area contributed by atoms with Crippen molar-refractivity contribution in [2.24, 2.45) is 5.41 Å². The number of nitriles is 1. The second-order valence-electron chi connectivity index (χ2n) is 5.45. The van der Waals surface area contributed by atoms with Crippen molar-refractivity contribution in [2.45, 2.75) is 26.2 Å². The number of alkyl halides is 2. The summed E-state index contributed by atoms with van der Waals surface area (Å²) in [5.41, 5.74) is -1.28. The fourth-order valence-electron chi connectivity index (χ4n) is 1.96. The number of aromatic nitrogens is 1. The zero-order chi connectivity index (χ0) is 17.8. The first kappa shape index (κ1) is 17.6. The minimum Gasteiger partial charge on any atom is -0.461 e. The molecule has 1 unspecified atom stereocenters. The third-order valence-electron chi connectivity index (χ3n) is 3.42. The van der Waals surface area contributed by atoms with E-state index in [0.29, 0.717) is 12.2 Å². The number of pyridine rings is 1. The van der Waals surface area contributed by atoms with Crippen molar-refractivity contribution in [3.63, 3.8) is 0 Å². The number of halogens is 2. The van der Waals surface area contributed by atoms with E-state index in [2.05, 4.69) is 15.8 Å². The van der Waals surface area contributed by atoms with Crippen molar-refractivity contribution in [1.82, 2.24) is 4.98 Å². The number of carbonyl (C=O) groups excluding carboxylic acids is 1. The summed E-state index contributed by atoms with van der Waals surface area (Å²) in [5.74, 6) is -4.71. The van der Waals surface area contributed by atoms with Crippen LogP contribution in [-0.4, -0.2) is 17.6 Å². The van der Waals surface area contributed by atoms with Gasteiger partial charge in [-0.2, -0.15) is 14.0 Å². The first-order valence-electron chi connectivity index (χ1n) is 7.31. The van der Waals surface area contributed by atoms with Gasteiger partial charge in [-0.1, -0.05) is 6.08 Å². The highest BCUT2D eigenvalue weighted by Gasteiger charge is 2.44. The van der Waals surface area contributed by atoms with Gasteiger partial charge in [-0.25, -0.2) is 4.79 Å². The molecule has 7 heteroatoms. The molecule has 5 nitrogen and oxygen atoms in total. The minimum absolute atomic E-state index is 0.141. The molecular formula is C17H16F2N2O3. The molecule has 0 saturated heterocycles. The fourth-order valence-corrected chi connectivity index (χ4v) is 1.96. The molecule has 0 spiro atoms. The first-order chi connectivity index (χ1) is 11.3. The average molecular weight is 334 g/mol. The van der Waals surface area contributed by atoms with Crippen molar-refractivity contribution >= 4 is 5.97 Å². The Labute approximate surface area is 138 Å². The number of rotatable bonds is 5. The topological polar surface area (TPSA) is 72.2 Å². The number of esters is 1. The number of carbonyl (C=O) groups is 1. The van der Waals surface area contributed by atoms with Crippen LogP contribution in [-0.2, 0) is 15.5 Å². The molecule has 0 saturated carbocycles. The highest BCUT2D eigenvalue weighted by molar-refractivity contribution is 5.78. The van der Waals surface area contributed by atoms with Crippen LogP contribution in [0, 0.1) is 16.7 Å². The zero-order valence-corrected chi connectivity index (χ0v) is 13.3. The van der Waals surface area contributed by atoms with Crippen molar-refractivity contribution in [3.8, 4) is 11.8 Å². The Kier molecular flexibility index (Phi) is 4.98. The molecule has 0 fully saturated rings. The number of hydrogen-bond acceptors (Lipinski definition) is 5. The second-order valence-corrected chi connectivity index (χ2v) is 5.45. The molecule has 0 aromatic carbocycles. The van der Waals surface area contributed by atoms with Gasteiger partial charge < -0.3 is 9.47 Å². The standard InChI is InChI=1S/C17H16F2N2O3/c1-3-23-15(22)17(18,19)14-5-4-13(10-21-14)24-12-6-8-16(2,11-20)9-7-12/h4-8,10H,3,9H2,1-2H3. The summed E-state index contributed by atoms with van der Waals surface area (Å²) in [6.45, 7) is 3.10. The van der Waals surface area contributed by atoms with Crippen molar-refractivity contribution in [3.05, 3.63) is 48.0 Å². The Bertz CT molecular complexity index is 720. The molecule has 2 rings (SSSR count). The summed E-state index contributed by atoms with van der Waals surface area (Å²) in [4.78, 5) is 14.9. The zero-order valence-electron chi connectivity index (χ0n) is 13.3. The lowest BCUT2D eigenvalue weighted by Gasteiger charge is -2.20. The lowest BCUT2D eigenvalue weighted by atomic mass is 9.85. The van der Waals surface area contributed by atoms with Gasteiger partial charge >= 0.3 is 11.9 Å². The van der Waals surface area contributed by atoms with Gasteiger partial charge in [0.25, 0.3) is 0 Å². The van der Waals surface area contributed by atoms with E-state index in [0.717, 1.165) is 12.3 Å². The van der Waals surface area contributed by atoms with Gasteiger partial charge in [0.1, 0.15) is 17.2 Å². The number of hydrogen-bond donors (Lipinski definition) is 0. The number of ether oxygens (including phenoxy) is 2. The van der Waals surface area contributed by atoms with E-state index < -0.39 is 23.0 Å². The van der Waals surface area contributed by atoms with E-state index in [1.807, 2.05) is 0 Å². The monoisotopic (exact) mass is 334 g/mol. The lowest BCUT2D eigenvalue weighted by Crippen LogP contribution is -2.29. The molecule has 1 aromatic heterocycles. The molecule has 1 aliphatic carbocycles. The Morgan fingerprint density at radius 1 is 1.50 bits per heavy atom. The lowest BCUT2D eigenvalue weighted by molar-refractivity contribution is -0.173. The molecule has 0 bridgehead atoms. The SMILES string of the molecule is CCOC(=O)C(F)(F)c1ccc(OC2=CCC(C)(C#N)C=C2)cn1. The second kappa shape index (κ2) is 6.79. The maximum atomic E-state index is 13.8.